The number of hydrogen-bond donors (Lipinski definition) is 2. The van der Waals surface area contributed by atoms with Gasteiger partial charge in [0, 0.05) is 5.39 Å². The van der Waals surface area contributed by atoms with Gasteiger partial charge in [-0.3, -0.25) is 0 Å². The number of benzene rings is 1. The minimum Gasteiger partial charge on any atom is -0.383 e. The standard InChI is InChI=1S/C10H11N3O.C2H6/c1-5-3-6(2)8-7(4-5)9(11)13-10(14)12-8;1-2/h3-4H,1-2H3,(H3,11,12,13,14);1-2H3. The Bertz CT molecular complexity index is 558. The molecule has 0 amide bonds. The zero-order valence-corrected chi connectivity index (χ0v) is 10.1. The van der Waals surface area contributed by atoms with Gasteiger partial charge in [0.2, 0.25) is 0 Å². The molecule has 0 saturated heterocycles. The Kier molecular flexibility index (Phi) is 3.66. The summed E-state index contributed by atoms with van der Waals surface area (Å²) in [6.45, 7) is 7.92. The summed E-state index contributed by atoms with van der Waals surface area (Å²) in [6.07, 6.45) is 0. The normalized spacial score (nSPS) is 9.75. The van der Waals surface area contributed by atoms with Gasteiger partial charge in [0.1, 0.15) is 5.82 Å². The number of nitrogens with one attached hydrogen (secondary N) is 1. The molecular weight excluding hydrogens is 202 g/mol. The van der Waals surface area contributed by atoms with Crippen LogP contribution in [-0.4, -0.2) is 9.97 Å². The lowest BCUT2D eigenvalue weighted by molar-refractivity contribution is 1.12. The molecule has 0 radical (unpaired) electrons. The van der Waals surface area contributed by atoms with Crippen LogP contribution >= 0.6 is 0 Å². The Morgan fingerprint density at radius 3 is 2.50 bits per heavy atom. The highest BCUT2D eigenvalue weighted by Crippen LogP contribution is 2.20. The molecule has 3 N–H and O–H groups in total. The third kappa shape index (κ3) is 2.21. The number of aromatic amines is 1. The second kappa shape index (κ2) is 4.79. The van der Waals surface area contributed by atoms with Crippen molar-refractivity contribution < 1.29 is 0 Å². The highest BCUT2D eigenvalue weighted by atomic mass is 16.1. The molecule has 0 fully saturated rings. The Morgan fingerprint density at radius 2 is 1.88 bits per heavy atom. The molecule has 0 unspecified atom stereocenters. The summed E-state index contributed by atoms with van der Waals surface area (Å²) in [5.41, 5.74) is 8.15. The number of hydrogen-bond acceptors (Lipinski definition) is 3. The van der Waals surface area contributed by atoms with Crippen LogP contribution in [0.15, 0.2) is 16.9 Å². The predicted octanol–water partition coefficient (Wildman–Crippen LogP) is 2.15. The van der Waals surface area contributed by atoms with E-state index in [4.69, 9.17) is 5.73 Å². The smallest absolute Gasteiger partial charge is 0.347 e. The summed E-state index contributed by atoms with van der Waals surface area (Å²) < 4.78 is 0. The van der Waals surface area contributed by atoms with E-state index in [1.165, 1.54) is 0 Å². The van der Waals surface area contributed by atoms with Crippen molar-refractivity contribution in [1.29, 1.82) is 0 Å². The van der Waals surface area contributed by atoms with Crippen LogP contribution in [0.1, 0.15) is 25.0 Å². The molecule has 4 nitrogen and oxygen atoms in total. The van der Waals surface area contributed by atoms with E-state index in [9.17, 15) is 4.79 Å². The topological polar surface area (TPSA) is 71.8 Å². The fourth-order valence-corrected chi connectivity index (χ4v) is 1.64. The van der Waals surface area contributed by atoms with Gasteiger partial charge >= 0.3 is 5.69 Å². The minimum atomic E-state index is -0.401. The molecule has 0 aliphatic rings. The molecule has 1 aromatic carbocycles. The van der Waals surface area contributed by atoms with Gasteiger partial charge in [0.05, 0.1) is 5.52 Å². The van der Waals surface area contributed by atoms with E-state index < -0.39 is 5.69 Å². The van der Waals surface area contributed by atoms with Crippen molar-refractivity contribution in [3.05, 3.63) is 33.7 Å². The van der Waals surface area contributed by atoms with Gasteiger partial charge in [0.15, 0.2) is 0 Å². The van der Waals surface area contributed by atoms with Crippen molar-refractivity contribution in [3.63, 3.8) is 0 Å². The highest BCUT2D eigenvalue weighted by Gasteiger charge is 2.04. The zero-order chi connectivity index (χ0) is 12.3. The SMILES string of the molecule is CC.Cc1cc(C)c2[nH]c(=O)nc(N)c2c1. The number of H-pyrrole nitrogens is 1. The van der Waals surface area contributed by atoms with Crippen molar-refractivity contribution in [1.82, 2.24) is 9.97 Å². The number of rotatable bonds is 0. The lowest BCUT2D eigenvalue weighted by Gasteiger charge is -2.04. The van der Waals surface area contributed by atoms with Crippen molar-refractivity contribution in [2.24, 2.45) is 0 Å². The number of nitrogens with two attached hydrogens (primary N) is 1. The van der Waals surface area contributed by atoms with E-state index in [1.807, 2.05) is 39.8 Å². The Hall–Kier alpha value is -1.84. The summed E-state index contributed by atoms with van der Waals surface area (Å²) in [7, 11) is 0. The van der Waals surface area contributed by atoms with E-state index in [2.05, 4.69) is 9.97 Å². The quantitative estimate of drug-likeness (QED) is 0.713. The largest absolute Gasteiger partial charge is 0.383 e. The number of aryl methyl sites for hydroxylation is 2. The number of nitrogens with zero attached hydrogens (tertiary/aromatic N) is 1. The average molecular weight is 219 g/mol. The van der Waals surface area contributed by atoms with Crippen LogP contribution in [0.5, 0.6) is 0 Å². The van der Waals surface area contributed by atoms with Crippen molar-refractivity contribution >= 4 is 16.7 Å². The molecule has 0 bridgehead atoms. The van der Waals surface area contributed by atoms with Gasteiger partial charge in [-0.25, -0.2) is 4.79 Å². The van der Waals surface area contributed by atoms with E-state index in [-0.39, 0.29) is 5.82 Å². The molecular formula is C12H17N3O. The fraction of sp³-hybridized carbons (Fsp3) is 0.333. The van der Waals surface area contributed by atoms with Gasteiger partial charge < -0.3 is 10.7 Å². The lowest BCUT2D eigenvalue weighted by Crippen LogP contribution is -2.13. The molecule has 0 aliphatic carbocycles. The third-order valence-corrected chi connectivity index (χ3v) is 2.21. The summed E-state index contributed by atoms with van der Waals surface area (Å²) in [6, 6.07) is 3.92. The van der Waals surface area contributed by atoms with Gasteiger partial charge in [-0.05, 0) is 31.0 Å². The van der Waals surface area contributed by atoms with Crippen LogP contribution < -0.4 is 11.4 Å². The summed E-state index contributed by atoms with van der Waals surface area (Å²) in [4.78, 5) is 17.4. The molecule has 1 heterocycles. The Morgan fingerprint density at radius 1 is 1.25 bits per heavy atom. The number of aromatic nitrogens is 2. The first-order valence-electron chi connectivity index (χ1n) is 5.34. The maximum atomic E-state index is 11.1. The number of anilines is 1. The monoisotopic (exact) mass is 219 g/mol. The third-order valence-electron chi connectivity index (χ3n) is 2.21. The van der Waals surface area contributed by atoms with Crippen LogP contribution in [-0.2, 0) is 0 Å². The van der Waals surface area contributed by atoms with Crippen LogP contribution in [0.4, 0.5) is 5.82 Å². The van der Waals surface area contributed by atoms with Gasteiger partial charge in [0.25, 0.3) is 0 Å². The average Bonchev–Trinajstić information content (AvgIpc) is 2.23. The van der Waals surface area contributed by atoms with Gasteiger partial charge in [-0.15, -0.1) is 0 Å². The lowest BCUT2D eigenvalue weighted by atomic mass is 10.1. The highest BCUT2D eigenvalue weighted by molar-refractivity contribution is 5.90. The second-order valence-electron chi connectivity index (χ2n) is 3.43. The first-order chi connectivity index (χ1) is 7.58. The molecule has 1 aromatic heterocycles. The molecule has 0 aliphatic heterocycles. The van der Waals surface area contributed by atoms with Crippen LogP contribution in [0.2, 0.25) is 0 Å². The summed E-state index contributed by atoms with van der Waals surface area (Å²) in [5.74, 6) is 0.288. The first-order valence-corrected chi connectivity index (χ1v) is 5.34. The van der Waals surface area contributed by atoms with E-state index in [1.54, 1.807) is 0 Å². The van der Waals surface area contributed by atoms with Gasteiger partial charge in [-0.1, -0.05) is 19.9 Å². The molecule has 0 spiro atoms. The summed E-state index contributed by atoms with van der Waals surface area (Å²) >= 11 is 0. The maximum Gasteiger partial charge on any atom is 0.347 e. The molecule has 0 saturated carbocycles. The van der Waals surface area contributed by atoms with E-state index >= 15 is 0 Å². The molecule has 86 valence electrons. The number of fused-ring (bicyclic) bond motifs is 1. The molecule has 0 atom stereocenters. The summed E-state index contributed by atoms with van der Waals surface area (Å²) in [5, 5.41) is 0.808. The van der Waals surface area contributed by atoms with Crippen molar-refractivity contribution in [3.8, 4) is 0 Å². The molecule has 4 heteroatoms. The van der Waals surface area contributed by atoms with Crippen LogP contribution in [0, 0.1) is 13.8 Å². The van der Waals surface area contributed by atoms with Gasteiger partial charge in [-0.2, -0.15) is 4.98 Å². The van der Waals surface area contributed by atoms with Crippen LogP contribution in [0.25, 0.3) is 10.9 Å². The van der Waals surface area contributed by atoms with Crippen LogP contribution in [0.3, 0.4) is 0 Å². The molecule has 16 heavy (non-hydrogen) atoms. The predicted molar refractivity (Wildman–Crippen MR) is 67.6 cm³/mol. The van der Waals surface area contributed by atoms with E-state index in [0.29, 0.717) is 0 Å². The Labute approximate surface area is 94.5 Å². The van der Waals surface area contributed by atoms with E-state index in [0.717, 1.165) is 22.0 Å². The van der Waals surface area contributed by atoms with Crippen molar-refractivity contribution in [2.75, 3.05) is 5.73 Å². The Balaban J connectivity index is 0.000000606. The second-order valence-corrected chi connectivity index (χ2v) is 3.43. The first kappa shape index (κ1) is 12.2. The number of nitrogen functional groups attached to an aromatic ring is 1. The zero-order valence-electron chi connectivity index (χ0n) is 10.1. The fourth-order valence-electron chi connectivity index (χ4n) is 1.64. The van der Waals surface area contributed by atoms with Crippen molar-refractivity contribution in [2.45, 2.75) is 27.7 Å². The molecule has 2 aromatic rings. The minimum absolute atomic E-state index is 0.288. The molecule has 2 rings (SSSR count). The maximum absolute atomic E-state index is 11.1.